The molecule has 0 spiro atoms. The number of hydrogen-bond donors (Lipinski definition) is 2. The Morgan fingerprint density at radius 1 is 1.17 bits per heavy atom. The average Bonchev–Trinajstić information content (AvgIpc) is 3.14. The summed E-state index contributed by atoms with van der Waals surface area (Å²) in [6, 6.07) is 12.8. The lowest BCUT2D eigenvalue weighted by molar-refractivity contribution is -0.124. The van der Waals surface area contributed by atoms with Gasteiger partial charge in [-0.25, -0.2) is 8.42 Å². The van der Waals surface area contributed by atoms with Gasteiger partial charge in [-0.2, -0.15) is 13.6 Å². The molecule has 152 valence electrons. The number of nitrogens with one attached hydrogen (secondary N) is 1. The molecular formula is C18H18N4O5S2. The summed E-state index contributed by atoms with van der Waals surface area (Å²) in [5, 5.41) is 5.66. The minimum absolute atomic E-state index is 0.0554. The van der Waals surface area contributed by atoms with Gasteiger partial charge in [0.25, 0.3) is 21.9 Å². The first kappa shape index (κ1) is 20.8. The SMILES string of the molecule is CC(C)(N=O)C(Nc1nc2ccccc2o1)C(=O)N(S)S(=O)(=O)c1ccccc1. The van der Waals surface area contributed by atoms with Gasteiger partial charge in [-0.05, 0) is 50.9 Å². The van der Waals surface area contributed by atoms with Crippen LogP contribution in [-0.2, 0) is 14.8 Å². The molecule has 0 aliphatic carbocycles. The molecule has 0 fully saturated rings. The first-order chi connectivity index (χ1) is 13.7. The predicted octanol–water partition coefficient (Wildman–Crippen LogP) is 3.22. The van der Waals surface area contributed by atoms with E-state index in [1.807, 2.05) is 0 Å². The maximum atomic E-state index is 13.0. The molecule has 0 bridgehead atoms. The van der Waals surface area contributed by atoms with E-state index in [1.54, 1.807) is 30.3 Å². The van der Waals surface area contributed by atoms with Gasteiger partial charge in [-0.15, -0.1) is 0 Å². The molecule has 0 saturated carbocycles. The number of anilines is 1. The van der Waals surface area contributed by atoms with Crippen molar-refractivity contribution in [1.82, 2.24) is 8.69 Å². The van der Waals surface area contributed by atoms with Gasteiger partial charge in [0.1, 0.15) is 17.1 Å². The molecule has 3 rings (SSSR count). The van der Waals surface area contributed by atoms with Gasteiger partial charge >= 0.3 is 0 Å². The zero-order chi connectivity index (χ0) is 21.2. The van der Waals surface area contributed by atoms with Gasteiger partial charge in [0.15, 0.2) is 5.58 Å². The lowest BCUT2D eigenvalue weighted by atomic mass is 9.95. The van der Waals surface area contributed by atoms with Crippen molar-refractivity contribution in [1.29, 1.82) is 0 Å². The number of amides is 1. The van der Waals surface area contributed by atoms with Crippen molar-refractivity contribution in [2.75, 3.05) is 5.32 Å². The molecule has 3 aromatic rings. The lowest BCUT2D eigenvalue weighted by Crippen LogP contribution is -2.51. The predicted molar refractivity (Wildman–Crippen MR) is 111 cm³/mol. The van der Waals surface area contributed by atoms with Crippen molar-refractivity contribution in [2.45, 2.75) is 30.3 Å². The van der Waals surface area contributed by atoms with Crippen molar-refractivity contribution in [3.8, 4) is 0 Å². The molecule has 29 heavy (non-hydrogen) atoms. The summed E-state index contributed by atoms with van der Waals surface area (Å²) in [5.41, 5.74) is -0.555. The Morgan fingerprint density at radius 2 is 1.79 bits per heavy atom. The normalized spacial score (nSPS) is 13.1. The zero-order valence-electron chi connectivity index (χ0n) is 15.5. The topological polar surface area (TPSA) is 122 Å². The fourth-order valence-corrected chi connectivity index (χ4v) is 4.01. The first-order valence-corrected chi connectivity index (χ1v) is 10.3. The second kappa shape index (κ2) is 7.84. The van der Waals surface area contributed by atoms with Gasteiger partial charge in [-0.1, -0.05) is 35.5 Å². The summed E-state index contributed by atoms with van der Waals surface area (Å²) >= 11 is 3.90. The fourth-order valence-electron chi connectivity index (χ4n) is 2.57. The monoisotopic (exact) mass is 434 g/mol. The number of carbonyl (C=O) groups is 1. The van der Waals surface area contributed by atoms with E-state index in [0.717, 1.165) is 0 Å². The molecule has 0 aliphatic heterocycles. The molecule has 11 heteroatoms. The summed E-state index contributed by atoms with van der Waals surface area (Å²) in [4.78, 5) is 28.5. The lowest BCUT2D eigenvalue weighted by Gasteiger charge is -2.29. The molecule has 0 aliphatic rings. The summed E-state index contributed by atoms with van der Waals surface area (Å²) < 4.78 is 31.3. The number of rotatable bonds is 7. The first-order valence-electron chi connectivity index (χ1n) is 8.46. The van der Waals surface area contributed by atoms with Crippen LogP contribution in [0.5, 0.6) is 0 Å². The molecule has 1 unspecified atom stereocenters. The van der Waals surface area contributed by atoms with Crippen molar-refractivity contribution in [2.24, 2.45) is 5.18 Å². The average molecular weight is 434 g/mol. The van der Waals surface area contributed by atoms with Crippen LogP contribution in [-0.4, -0.2) is 34.6 Å². The van der Waals surface area contributed by atoms with Gasteiger partial charge in [0.2, 0.25) is 0 Å². The third-order valence-corrected chi connectivity index (χ3v) is 6.55. The molecule has 1 aromatic heterocycles. The van der Waals surface area contributed by atoms with Crippen LogP contribution in [0.2, 0.25) is 0 Å². The minimum Gasteiger partial charge on any atom is -0.424 e. The maximum absolute atomic E-state index is 13.0. The Hall–Kier alpha value is -2.92. The smallest absolute Gasteiger partial charge is 0.296 e. The third-order valence-electron chi connectivity index (χ3n) is 4.21. The highest BCUT2D eigenvalue weighted by atomic mass is 32.3. The Balaban J connectivity index is 1.96. The van der Waals surface area contributed by atoms with Gasteiger partial charge in [0.05, 0.1) is 4.90 Å². The van der Waals surface area contributed by atoms with Crippen molar-refractivity contribution >= 4 is 45.9 Å². The number of sulfonamides is 1. The summed E-state index contributed by atoms with van der Waals surface area (Å²) in [6.45, 7) is 2.77. The number of fused-ring (bicyclic) bond motifs is 1. The fraction of sp³-hybridized carbons (Fsp3) is 0.222. The van der Waals surface area contributed by atoms with E-state index in [0.29, 0.717) is 11.1 Å². The molecule has 2 aromatic carbocycles. The number of nitrogens with zero attached hydrogens (tertiary/aromatic N) is 3. The molecule has 1 atom stereocenters. The molecule has 9 nitrogen and oxygen atoms in total. The van der Waals surface area contributed by atoms with E-state index in [-0.39, 0.29) is 14.6 Å². The highest BCUT2D eigenvalue weighted by molar-refractivity contribution is 8.00. The number of nitroso groups, excluding NO2 is 1. The van der Waals surface area contributed by atoms with E-state index in [9.17, 15) is 18.1 Å². The van der Waals surface area contributed by atoms with E-state index in [1.165, 1.54) is 38.1 Å². The zero-order valence-corrected chi connectivity index (χ0v) is 17.2. The number of carbonyl (C=O) groups excluding carboxylic acids is 1. The van der Waals surface area contributed by atoms with Crippen molar-refractivity contribution in [3.63, 3.8) is 0 Å². The summed E-state index contributed by atoms with van der Waals surface area (Å²) in [6.07, 6.45) is 0. The van der Waals surface area contributed by atoms with E-state index >= 15 is 0 Å². The largest absolute Gasteiger partial charge is 0.424 e. The Labute approximate surface area is 172 Å². The van der Waals surface area contributed by atoms with Crippen LogP contribution in [0.25, 0.3) is 11.1 Å². The number of para-hydroxylation sites is 2. The van der Waals surface area contributed by atoms with Crippen molar-refractivity contribution < 1.29 is 17.6 Å². The highest BCUT2D eigenvalue weighted by Crippen LogP contribution is 2.27. The van der Waals surface area contributed by atoms with Gasteiger partial charge in [0, 0.05) is 0 Å². The number of benzene rings is 2. The summed E-state index contributed by atoms with van der Waals surface area (Å²) in [5.74, 6) is -1.01. The molecule has 0 saturated heterocycles. The van der Waals surface area contributed by atoms with Crippen LogP contribution in [0.15, 0.2) is 69.1 Å². The Bertz CT molecular complexity index is 1110. The molecule has 1 heterocycles. The summed E-state index contributed by atoms with van der Waals surface area (Å²) in [7, 11) is -4.26. The Kier molecular flexibility index (Phi) is 5.62. The van der Waals surface area contributed by atoms with Crippen LogP contribution in [0.4, 0.5) is 6.01 Å². The van der Waals surface area contributed by atoms with Crippen LogP contribution in [0.1, 0.15) is 13.8 Å². The molecular weight excluding hydrogens is 416 g/mol. The highest BCUT2D eigenvalue weighted by Gasteiger charge is 2.43. The minimum atomic E-state index is -4.26. The number of aromatic nitrogens is 1. The number of oxazole rings is 1. The van der Waals surface area contributed by atoms with E-state index < -0.39 is 27.5 Å². The second-order valence-electron chi connectivity index (χ2n) is 6.71. The number of hydrogen-bond acceptors (Lipinski definition) is 9. The Morgan fingerprint density at radius 3 is 2.41 bits per heavy atom. The van der Waals surface area contributed by atoms with Crippen LogP contribution >= 0.6 is 12.8 Å². The third kappa shape index (κ3) is 4.10. The second-order valence-corrected chi connectivity index (χ2v) is 9.17. The van der Waals surface area contributed by atoms with Gasteiger partial charge < -0.3 is 9.73 Å². The number of thiol groups is 1. The standard InChI is InChI=1S/C18H18N4O5S2/c1-18(2,21-24)15(20-17-19-13-10-6-7-11-14(13)27-17)16(23)22(28)29(25,26)12-8-4-3-5-9-12/h3-11,15,28H,1-2H3,(H,19,20). The molecule has 1 amide bonds. The van der Waals surface area contributed by atoms with Gasteiger partial charge in [-0.3, -0.25) is 4.79 Å². The van der Waals surface area contributed by atoms with Crippen molar-refractivity contribution in [3.05, 3.63) is 59.5 Å². The molecule has 1 N–H and O–H groups in total. The van der Waals surface area contributed by atoms with Crippen LogP contribution in [0, 0.1) is 4.91 Å². The van der Waals surface area contributed by atoms with E-state index in [2.05, 4.69) is 28.3 Å². The van der Waals surface area contributed by atoms with E-state index in [4.69, 9.17) is 4.42 Å². The maximum Gasteiger partial charge on any atom is 0.296 e. The van der Waals surface area contributed by atoms with Crippen LogP contribution < -0.4 is 5.32 Å². The quantitative estimate of drug-likeness (QED) is 0.432. The molecule has 0 radical (unpaired) electrons. The van der Waals surface area contributed by atoms with Crippen LogP contribution in [0.3, 0.4) is 0 Å².